The zero-order valence-electron chi connectivity index (χ0n) is 13.4. The topological polar surface area (TPSA) is 98.5 Å². The van der Waals surface area contributed by atoms with Crippen LogP contribution in [0.5, 0.6) is 11.6 Å². The normalized spacial score (nSPS) is 10.5. The van der Waals surface area contributed by atoms with Crippen LogP contribution in [0.1, 0.15) is 16.1 Å². The monoisotopic (exact) mass is 328 g/mol. The van der Waals surface area contributed by atoms with E-state index in [9.17, 15) is 4.79 Å². The molecule has 0 saturated heterocycles. The average molecular weight is 328 g/mol. The third kappa shape index (κ3) is 2.94. The summed E-state index contributed by atoms with van der Waals surface area (Å²) in [6, 6.07) is 6.89. The lowest BCUT2D eigenvalue weighted by Gasteiger charge is -2.07. The van der Waals surface area contributed by atoms with E-state index in [0.29, 0.717) is 33.9 Å². The minimum absolute atomic E-state index is 0.214. The molecule has 24 heavy (non-hydrogen) atoms. The molecule has 2 N–H and O–H groups in total. The molecule has 0 bridgehead atoms. The first kappa shape index (κ1) is 15.6. The second-order valence-corrected chi connectivity index (χ2v) is 4.90. The number of amides is 1. The van der Waals surface area contributed by atoms with Crippen molar-refractivity contribution in [2.75, 3.05) is 19.6 Å². The number of aryl methyl sites for hydroxylation is 1. The second-order valence-electron chi connectivity index (χ2n) is 4.90. The molecule has 8 heteroatoms. The zero-order valence-corrected chi connectivity index (χ0v) is 13.4. The van der Waals surface area contributed by atoms with E-state index in [1.807, 2.05) is 0 Å². The molecule has 1 aromatic carbocycles. The number of carbonyl (C=O) groups is 1. The smallest absolute Gasteiger partial charge is 0.273 e. The first-order chi connectivity index (χ1) is 11.6. The van der Waals surface area contributed by atoms with Gasteiger partial charge in [-0.1, -0.05) is 0 Å². The number of nitrogens with zero attached hydrogens (tertiary/aromatic N) is 2. The Kier molecular flexibility index (Phi) is 4.19. The third-order valence-electron chi connectivity index (χ3n) is 3.43. The minimum atomic E-state index is -0.370. The number of hydrazine groups is 1. The number of anilines is 1. The summed E-state index contributed by atoms with van der Waals surface area (Å²) in [4.78, 5) is 20.6. The maximum atomic E-state index is 12.5. The van der Waals surface area contributed by atoms with Crippen LogP contribution in [-0.2, 0) is 0 Å². The van der Waals surface area contributed by atoms with Gasteiger partial charge in [-0.15, -0.1) is 0 Å². The average Bonchev–Trinajstić information content (AvgIpc) is 2.94. The number of carbonyl (C=O) groups excluding carboxylic acids is 1. The summed E-state index contributed by atoms with van der Waals surface area (Å²) in [7, 11) is 3.06. The Morgan fingerprint density at radius 2 is 2.04 bits per heavy atom. The largest absolute Gasteiger partial charge is 0.497 e. The SMILES string of the molecule is COc1ccc2oc(C)c(C(=O)NNc3nccc(OC)n3)c2c1. The molecule has 0 aliphatic heterocycles. The van der Waals surface area contributed by atoms with E-state index in [2.05, 4.69) is 20.8 Å². The first-order valence-corrected chi connectivity index (χ1v) is 7.13. The summed E-state index contributed by atoms with van der Waals surface area (Å²) in [5.41, 5.74) is 6.23. The van der Waals surface area contributed by atoms with Gasteiger partial charge in [0.1, 0.15) is 17.1 Å². The lowest BCUT2D eigenvalue weighted by Crippen LogP contribution is -2.30. The Balaban J connectivity index is 1.84. The summed E-state index contributed by atoms with van der Waals surface area (Å²) in [6.07, 6.45) is 1.52. The maximum Gasteiger partial charge on any atom is 0.273 e. The van der Waals surface area contributed by atoms with Crippen LogP contribution in [0.25, 0.3) is 11.0 Å². The van der Waals surface area contributed by atoms with Gasteiger partial charge in [0.25, 0.3) is 5.91 Å². The number of fused-ring (bicyclic) bond motifs is 1. The van der Waals surface area contributed by atoms with Crippen molar-refractivity contribution in [3.63, 3.8) is 0 Å². The minimum Gasteiger partial charge on any atom is -0.497 e. The van der Waals surface area contributed by atoms with Crippen molar-refractivity contribution in [1.82, 2.24) is 15.4 Å². The molecular formula is C16H16N4O4. The fourth-order valence-electron chi connectivity index (χ4n) is 2.30. The Bertz CT molecular complexity index is 891. The van der Waals surface area contributed by atoms with Crippen molar-refractivity contribution in [3.05, 3.63) is 41.8 Å². The van der Waals surface area contributed by atoms with Crippen molar-refractivity contribution in [1.29, 1.82) is 0 Å². The summed E-state index contributed by atoms with van der Waals surface area (Å²) >= 11 is 0. The molecule has 0 aliphatic rings. The van der Waals surface area contributed by atoms with Crippen LogP contribution in [0.2, 0.25) is 0 Å². The number of aromatic nitrogens is 2. The van der Waals surface area contributed by atoms with Crippen molar-refractivity contribution in [2.24, 2.45) is 0 Å². The van der Waals surface area contributed by atoms with Crippen LogP contribution in [0.4, 0.5) is 5.95 Å². The van der Waals surface area contributed by atoms with Crippen molar-refractivity contribution in [3.8, 4) is 11.6 Å². The van der Waals surface area contributed by atoms with E-state index in [4.69, 9.17) is 13.9 Å². The number of furan rings is 1. The molecular weight excluding hydrogens is 312 g/mol. The summed E-state index contributed by atoms with van der Waals surface area (Å²) in [6.45, 7) is 1.73. The summed E-state index contributed by atoms with van der Waals surface area (Å²) in [5.74, 6) is 1.37. The molecule has 3 aromatic rings. The summed E-state index contributed by atoms with van der Waals surface area (Å²) < 4.78 is 15.8. The van der Waals surface area contributed by atoms with Crippen LogP contribution < -0.4 is 20.3 Å². The number of methoxy groups -OCH3 is 2. The molecule has 0 atom stereocenters. The number of hydrogen-bond donors (Lipinski definition) is 2. The van der Waals surface area contributed by atoms with E-state index in [-0.39, 0.29) is 11.9 Å². The highest BCUT2D eigenvalue weighted by molar-refractivity contribution is 6.07. The van der Waals surface area contributed by atoms with Crippen LogP contribution >= 0.6 is 0 Å². The molecule has 2 heterocycles. The summed E-state index contributed by atoms with van der Waals surface area (Å²) in [5, 5.41) is 0.665. The van der Waals surface area contributed by atoms with Gasteiger partial charge in [0.15, 0.2) is 0 Å². The predicted octanol–water partition coefficient (Wildman–Crippen LogP) is 2.31. The quantitative estimate of drug-likeness (QED) is 0.693. The van der Waals surface area contributed by atoms with E-state index >= 15 is 0 Å². The van der Waals surface area contributed by atoms with Gasteiger partial charge in [0, 0.05) is 17.6 Å². The maximum absolute atomic E-state index is 12.5. The Labute approximate surface area is 137 Å². The highest BCUT2D eigenvalue weighted by Gasteiger charge is 2.19. The van der Waals surface area contributed by atoms with Gasteiger partial charge >= 0.3 is 0 Å². The molecule has 8 nitrogen and oxygen atoms in total. The number of rotatable bonds is 5. The van der Waals surface area contributed by atoms with Gasteiger partial charge in [0.2, 0.25) is 11.8 Å². The Morgan fingerprint density at radius 3 is 2.79 bits per heavy atom. The third-order valence-corrected chi connectivity index (χ3v) is 3.43. The molecule has 0 saturated carbocycles. The molecule has 1 amide bonds. The van der Waals surface area contributed by atoms with Gasteiger partial charge in [-0.25, -0.2) is 4.98 Å². The molecule has 124 valence electrons. The fraction of sp³-hybridized carbons (Fsp3) is 0.188. The lowest BCUT2D eigenvalue weighted by atomic mass is 10.1. The molecule has 2 aromatic heterocycles. The van der Waals surface area contributed by atoms with Crippen LogP contribution in [0, 0.1) is 6.92 Å². The van der Waals surface area contributed by atoms with Gasteiger partial charge < -0.3 is 13.9 Å². The predicted molar refractivity (Wildman–Crippen MR) is 87.2 cm³/mol. The van der Waals surface area contributed by atoms with Crippen molar-refractivity contribution in [2.45, 2.75) is 6.92 Å². The molecule has 0 unspecified atom stereocenters. The van der Waals surface area contributed by atoms with Crippen LogP contribution in [-0.4, -0.2) is 30.1 Å². The van der Waals surface area contributed by atoms with E-state index < -0.39 is 0 Å². The Hall–Kier alpha value is -3.29. The molecule has 0 fully saturated rings. The fourth-order valence-corrected chi connectivity index (χ4v) is 2.30. The number of ether oxygens (including phenoxy) is 2. The molecule has 0 aliphatic carbocycles. The zero-order chi connectivity index (χ0) is 17.1. The number of hydrogen-bond acceptors (Lipinski definition) is 7. The van der Waals surface area contributed by atoms with Crippen LogP contribution in [0.3, 0.4) is 0 Å². The molecule has 0 spiro atoms. The van der Waals surface area contributed by atoms with Crippen molar-refractivity contribution >= 4 is 22.8 Å². The second kappa shape index (κ2) is 6.45. The van der Waals surface area contributed by atoms with E-state index in [0.717, 1.165) is 0 Å². The lowest BCUT2D eigenvalue weighted by molar-refractivity contribution is 0.0962. The van der Waals surface area contributed by atoms with Crippen LogP contribution in [0.15, 0.2) is 34.9 Å². The number of benzene rings is 1. The van der Waals surface area contributed by atoms with Gasteiger partial charge in [0.05, 0.1) is 19.8 Å². The highest BCUT2D eigenvalue weighted by Crippen LogP contribution is 2.28. The van der Waals surface area contributed by atoms with E-state index in [1.54, 1.807) is 38.3 Å². The molecule has 0 radical (unpaired) electrons. The number of nitrogens with one attached hydrogen (secondary N) is 2. The molecule has 3 rings (SSSR count). The van der Waals surface area contributed by atoms with Gasteiger partial charge in [-0.05, 0) is 25.1 Å². The Morgan fingerprint density at radius 1 is 1.21 bits per heavy atom. The van der Waals surface area contributed by atoms with Gasteiger partial charge in [-0.2, -0.15) is 4.98 Å². The highest BCUT2D eigenvalue weighted by atomic mass is 16.5. The van der Waals surface area contributed by atoms with Crippen molar-refractivity contribution < 1.29 is 18.7 Å². The standard InChI is InChI=1S/C16H16N4O4/c1-9-14(11-8-10(22-2)4-5-12(11)24-9)15(21)19-20-16-17-7-6-13(18-16)23-3/h4-8H,1-3H3,(H,19,21)(H,17,18,20). The van der Waals surface area contributed by atoms with Gasteiger partial charge in [-0.3, -0.25) is 15.6 Å². The van der Waals surface area contributed by atoms with E-state index in [1.165, 1.54) is 13.3 Å². The first-order valence-electron chi connectivity index (χ1n) is 7.13.